The van der Waals surface area contributed by atoms with Crippen LogP contribution in [0, 0.1) is 0 Å². The molecule has 118 valence electrons. The molecule has 0 fully saturated rings. The summed E-state index contributed by atoms with van der Waals surface area (Å²) in [4.78, 5) is 15.3. The van der Waals surface area contributed by atoms with E-state index in [1.807, 2.05) is 30.3 Å². The van der Waals surface area contributed by atoms with Crippen LogP contribution in [0.5, 0.6) is 5.75 Å². The van der Waals surface area contributed by atoms with Gasteiger partial charge in [-0.15, -0.1) is 0 Å². The zero-order chi connectivity index (χ0) is 16.4. The summed E-state index contributed by atoms with van der Waals surface area (Å²) in [5, 5.41) is 6.49. The van der Waals surface area contributed by atoms with Crippen molar-refractivity contribution in [3.63, 3.8) is 0 Å². The Bertz CT molecular complexity index is 1040. The summed E-state index contributed by atoms with van der Waals surface area (Å²) in [5.41, 5.74) is 5.22. The maximum Gasteiger partial charge on any atom is 0.182 e. The Morgan fingerprint density at radius 2 is 1.96 bits per heavy atom. The minimum Gasteiger partial charge on any atom is -0.497 e. The van der Waals surface area contributed by atoms with Crippen LogP contribution >= 0.6 is 0 Å². The molecule has 0 unspecified atom stereocenters. The minimum absolute atomic E-state index is 0.583. The predicted molar refractivity (Wildman–Crippen MR) is 93.4 cm³/mol. The van der Waals surface area contributed by atoms with E-state index in [1.54, 1.807) is 19.7 Å². The Hall–Kier alpha value is -3.48. The van der Waals surface area contributed by atoms with Crippen molar-refractivity contribution in [1.29, 1.82) is 0 Å². The van der Waals surface area contributed by atoms with Crippen LogP contribution in [0.2, 0.25) is 0 Å². The minimum atomic E-state index is 0.583. The third-order valence-electron chi connectivity index (χ3n) is 3.68. The number of H-pyrrole nitrogens is 1. The first-order chi connectivity index (χ1) is 11.8. The van der Waals surface area contributed by atoms with Gasteiger partial charge in [-0.3, -0.25) is 5.43 Å². The molecule has 4 aromatic rings. The first kappa shape index (κ1) is 14.1. The van der Waals surface area contributed by atoms with Gasteiger partial charge < -0.3 is 9.72 Å². The van der Waals surface area contributed by atoms with Gasteiger partial charge in [0.05, 0.1) is 19.7 Å². The zero-order valence-corrected chi connectivity index (χ0v) is 12.9. The Morgan fingerprint density at radius 3 is 2.88 bits per heavy atom. The van der Waals surface area contributed by atoms with Gasteiger partial charge in [0.15, 0.2) is 11.5 Å². The summed E-state index contributed by atoms with van der Waals surface area (Å²) in [5.74, 6) is 1.43. The van der Waals surface area contributed by atoms with E-state index in [0.717, 1.165) is 27.6 Å². The SMILES string of the molecule is COc1ccc2cc(/C=N/Nc3ncnc4nc[nH]c34)ccc2c1. The normalized spacial score (nSPS) is 11.4. The molecule has 2 aromatic carbocycles. The van der Waals surface area contributed by atoms with Gasteiger partial charge >= 0.3 is 0 Å². The van der Waals surface area contributed by atoms with Gasteiger partial charge in [0.2, 0.25) is 0 Å². The summed E-state index contributed by atoms with van der Waals surface area (Å²) in [7, 11) is 1.66. The van der Waals surface area contributed by atoms with E-state index in [1.165, 1.54) is 6.33 Å². The monoisotopic (exact) mass is 318 g/mol. The molecule has 0 aliphatic rings. The maximum absolute atomic E-state index is 5.24. The number of hydrogen-bond donors (Lipinski definition) is 2. The van der Waals surface area contributed by atoms with E-state index in [2.05, 4.69) is 36.5 Å². The predicted octanol–water partition coefficient (Wildman–Crippen LogP) is 2.96. The third-order valence-corrected chi connectivity index (χ3v) is 3.68. The number of aromatic amines is 1. The molecule has 2 heterocycles. The average molecular weight is 318 g/mol. The zero-order valence-electron chi connectivity index (χ0n) is 12.9. The summed E-state index contributed by atoms with van der Waals surface area (Å²) in [6.07, 6.45) is 4.77. The molecule has 2 aromatic heterocycles. The van der Waals surface area contributed by atoms with Crippen LogP contribution < -0.4 is 10.2 Å². The Balaban J connectivity index is 1.57. The fourth-order valence-corrected chi connectivity index (χ4v) is 2.47. The molecule has 2 N–H and O–H groups in total. The number of benzene rings is 2. The second kappa shape index (κ2) is 5.96. The van der Waals surface area contributed by atoms with Crippen LogP contribution in [0.25, 0.3) is 21.9 Å². The molecule has 0 atom stereocenters. The highest BCUT2D eigenvalue weighted by atomic mass is 16.5. The van der Waals surface area contributed by atoms with Gasteiger partial charge in [0.25, 0.3) is 0 Å². The summed E-state index contributed by atoms with van der Waals surface area (Å²) >= 11 is 0. The number of hydrazone groups is 1. The molecule has 0 saturated carbocycles. The van der Waals surface area contributed by atoms with E-state index >= 15 is 0 Å². The van der Waals surface area contributed by atoms with Crippen LogP contribution in [-0.2, 0) is 0 Å². The van der Waals surface area contributed by atoms with Gasteiger partial charge in [0.1, 0.15) is 17.6 Å². The molecule has 7 nitrogen and oxygen atoms in total. The van der Waals surface area contributed by atoms with E-state index in [-0.39, 0.29) is 0 Å². The topological polar surface area (TPSA) is 88.1 Å². The molecule has 24 heavy (non-hydrogen) atoms. The number of rotatable bonds is 4. The number of imidazole rings is 1. The van der Waals surface area contributed by atoms with Crippen molar-refractivity contribution in [2.45, 2.75) is 0 Å². The molecule has 0 spiro atoms. The van der Waals surface area contributed by atoms with Crippen molar-refractivity contribution >= 4 is 34.0 Å². The van der Waals surface area contributed by atoms with Gasteiger partial charge in [0, 0.05) is 0 Å². The van der Waals surface area contributed by atoms with Crippen LogP contribution in [0.4, 0.5) is 5.82 Å². The van der Waals surface area contributed by atoms with Crippen LogP contribution in [0.1, 0.15) is 5.56 Å². The first-order valence-electron chi connectivity index (χ1n) is 7.34. The van der Waals surface area contributed by atoms with Gasteiger partial charge in [-0.1, -0.05) is 18.2 Å². The van der Waals surface area contributed by atoms with E-state index in [0.29, 0.717) is 11.5 Å². The molecular formula is C17H14N6O. The number of hydrogen-bond acceptors (Lipinski definition) is 6. The van der Waals surface area contributed by atoms with E-state index in [9.17, 15) is 0 Å². The summed E-state index contributed by atoms with van der Waals surface area (Å²) < 4.78 is 5.24. The van der Waals surface area contributed by atoms with Crippen molar-refractivity contribution in [1.82, 2.24) is 19.9 Å². The lowest BCUT2D eigenvalue weighted by atomic mass is 10.1. The lowest BCUT2D eigenvalue weighted by molar-refractivity contribution is 0.415. The number of fused-ring (bicyclic) bond motifs is 2. The molecular weight excluding hydrogens is 304 g/mol. The van der Waals surface area contributed by atoms with E-state index in [4.69, 9.17) is 4.74 Å². The standard InChI is InChI=1S/C17H14N6O/c1-24-14-5-4-12-6-11(2-3-13(12)7-14)8-22-23-17-15-16(19-9-18-15)20-10-21-17/h2-10H,1H3,(H2,18,19,20,21,23)/b22-8+. The van der Waals surface area contributed by atoms with Crippen LogP contribution in [0.3, 0.4) is 0 Å². The molecule has 0 bridgehead atoms. The van der Waals surface area contributed by atoms with Crippen molar-refractivity contribution in [3.8, 4) is 5.75 Å². The molecule has 0 amide bonds. The first-order valence-corrected chi connectivity index (χ1v) is 7.34. The number of aromatic nitrogens is 4. The molecule has 4 rings (SSSR count). The maximum atomic E-state index is 5.24. The fourth-order valence-electron chi connectivity index (χ4n) is 2.47. The van der Waals surface area contributed by atoms with Crippen molar-refractivity contribution < 1.29 is 4.74 Å². The second-order valence-corrected chi connectivity index (χ2v) is 5.17. The lowest BCUT2D eigenvalue weighted by Crippen LogP contribution is -1.95. The largest absolute Gasteiger partial charge is 0.497 e. The Kier molecular flexibility index (Phi) is 3.51. The lowest BCUT2D eigenvalue weighted by Gasteiger charge is -2.03. The highest BCUT2D eigenvalue weighted by Crippen LogP contribution is 2.21. The van der Waals surface area contributed by atoms with Gasteiger partial charge in [-0.05, 0) is 34.5 Å². The van der Waals surface area contributed by atoms with Crippen LogP contribution in [-0.4, -0.2) is 33.3 Å². The smallest absolute Gasteiger partial charge is 0.182 e. The summed E-state index contributed by atoms with van der Waals surface area (Å²) in [6, 6.07) is 12.1. The van der Waals surface area contributed by atoms with Crippen molar-refractivity contribution in [2.24, 2.45) is 5.10 Å². The highest BCUT2D eigenvalue weighted by molar-refractivity contribution is 5.91. The number of nitrogens with one attached hydrogen (secondary N) is 2. The second-order valence-electron chi connectivity index (χ2n) is 5.17. The molecule has 0 saturated heterocycles. The molecule has 0 aliphatic carbocycles. The Morgan fingerprint density at radius 1 is 1.08 bits per heavy atom. The van der Waals surface area contributed by atoms with Crippen molar-refractivity contribution in [3.05, 3.63) is 54.6 Å². The average Bonchev–Trinajstić information content (AvgIpc) is 3.11. The Labute approximate surface area is 137 Å². The van der Waals surface area contributed by atoms with Crippen molar-refractivity contribution in [2.75, 3.05) is 12.5 Å². The summed E-state index contributed by atoms with van der Waals surface area (Å²) in [6.45, 7) is 0. The number of methoxy groups -OCH3 is 1. The third kappa shape index (κ3) is 2.63. The molecule has 7 heteroatoms. The molecule has 0 aliphatic heterocycles. The number of nitrogens with zero attached hydrogens (tertiary/aromatic N) is 4. The van der Waals surface area contributed by atoms with Gasteiger partial charge in [-0.25, -0.2) is 15.0 Å². The number of anilines is 1. The van der Waals surface area contributed by atoms with E-state index < -0.39 is 0 Å². The fraction of sp³-hybridized carbons (Fsp3) is 0.0588. The van der Waals surface area contributed by atoms with Crippen LogP contribution in [0.15, 0.2) is 54.2 Å². The number of ether oxygens (including phenoxy) is 1. The highest BCUT2D eigenvalue weighted by Gasteiger charge is 2.03. The quantitative estimate of drug-likeness (QED) is 0.446. The van der Waals surface area contributed by atoms with Gasteiger partial charge in [-0.2, -0.15) is 5.10 Å². The molecule has 0 radical (unpaired) electrons.